The first-order chi connectivity index (χ1) is 11.1. The van der Waals surface area contributed by atoms with Crippen molar-refractivity contribution in [2.75, 3.05) is 0 Å². The third kappa shape index (κ3) is 3.44. The van der Waals surface area contributed by atoms with Crippen molar-refractivity contribution in [2.45, 2.75) is 44.7 Å². The molecule has 2 aromatic rings. The SMILES string of the molecule is O=c1[nH]c(=O)n(Cc2ccco2)c(O)c1C=NC1CCCCC1. The van der Waals surface area contributed by atoms with E-state index >= 15 is 0 Å². The van der Waals surface area contributed by atoms with Crippen LogP contribution >= 0.6 is 0 Å². The predicted molar refractivity (Wildman–Crippen MR) is 85.3 cm³/mol. The fourth-order valence-electron chi connectivity index (χ4n) is 2.81. The van der Waals surface area contributed by atoms with E-state index in [4.69, 9.17) is 4.42 Å². The molecular formula is C16H19N3O4. The van der Waals surface area contributed by atoms with Crippen LogP contribution in [0.1, 0.15) is 43.4 Å². The highest BCUT2D eigenvalue weighted by Crippen LogP contribution is 2.20. The Hall–Kier alpha value is -2.57. The number of rotatable bonds is 4. The zero-order chi connectivity index (χ0) is 16.2. The summed E-state index contributed by atoms with van der Waals surface area (Å²) in [6.45, 7) is 0.0404. The standard InChI is InChI=1S/C16H19N3O4/c20-14-13(9-17-11-5-2-1-3-6-11)15(21)19(16(22)18-14)10-12-7-4-8-23-12/h4,7-9,11,21H,1-3,5-6,10H2,(H,18,20,22). The fourth-order valence-corrected chi connectivity index (χ4v) is 2.81. The summed E-state index contributed by atoms with van der Waals surface area (Å²) in [6, 6.07) is 3.55. The van der Waals surface area contributed by atoms with Gasteiger partial charge in [-0.05, 0) is 25.0 Å². The lowest BCUT2D eigenvalue weighted by atomic mass is 9.96. The van der Waals surface area contributed by atoms with Crippen LogP contribution in [0.15, 0.2) is 37.4 Å². The first-order valence-corrected chi connectivity index (χ1v) is 7.77. The second kappa shape index (κ2) is 6.68. The van der Waals surface area contributed by atoms with Crippen LogP contribution in [0.5, 0.6) is 5.88 Å². The van der Waals surface area contributed by atoms with E-state index < -0.39 is 17.1 Å². The van der Waals surface area contributed by atoms with Gasteiger partial charge in [-0.15, -0.1) is 0 Å². The molecular weight excluding hydrogens is 298 g/mol. The summed E-state index contributed by atoms with van der Waals surface area (Å²) in [5, 5.41) is 10.3. The molecule has 2 heterocycles. The van der Waals surface area contributed by atoms with Gasteiger partial charge in [0.2, 0.25) is 5.88 Å². The number of H-pyrrole nitrogens is 1. The fraction of sp³-hybridized carbons (Fsp3) is 0.438. The summed E-state index contributed by atoms with van der Waals surface area (Å²) < 4.78 is 6.23. The molecule has 7 heteroatoms. The van der Waals surface area contributed by atoms with Gasteiger partial charge in [-0.3, -0.25) is 19.3 Å². The molecule has 0 spiro atoms. The van der Waals surface area contributed by atoms with Gasteiger partial charge in [0.15, 0.2) is 0 Å². The van der Waals surface area contributed by atoms with Gasteiger partial charge in [0.05, 0.1) is 12.8 Å². The van der Waals surface area contributed by atoms with Gasteiger partial charge in [-0.2, -0.15) is 0 Å². The largest absolute Gasteiger partial charge is 0.494 e. The summed E-state index contributed by atoms with van der Waals surface area (Å²) in [4.78, 5) is 30.5. The van der Waals surface area contributed by atoms with Crippen LogP contribution < -0.4 is 11.2 Å². The quantitative estimate of drug-likeness (QED) is 0.837. The number of aliphatic imine (C=N–C) groups is 1. The van der Waals surface area contributed by atoms with Gasteiger partial charge in [-0.25, -0.2) is 4.79 Å². The average molecular weight is 317 g/mol. The van der Waals surface area contributed by atoms with Crippen molar-refractivity contribution in [3.63, 3.8) is 0 Å². The summed E-state index contributed by atoms with van der Waals surface area (Å²) in [5.74, 6) is 0.110. The van der Waals surface area contributed by atoms with Crippen LogP contribution in [0.2, 0.25) is 0 Å². The van der Waals surface area contributed by atoms with E-state index in [-0.39, 0.29) is 18.2 Å². The molecule has 0 aliphatic heterocycles. The summed E-state index contributed by atoms with van der Waals surface area (Å²) in [7, 11) is 0. The van der Waals surface area contributed by atoms with E-state index in [0.29, 0.717) is 5.76 Å². The topological polar surface area (TPSA) is 101 Å². The minimum absolute atomic E-state index is 0.00160. The summed E-state index contributed by atoms with van der Waals surface area (Å²) >= 11 is 0. The third-order valence-electron chi connectivity index (χ3n) is 4.09. The number of furan rings is 1. The number of aromatic hydroxyl groups is 1. The minimum atomic E-state index is -0.682. The number of hydrogen-bond donors (Lipinski definition) is 2. The lowest BCUT2D eigenvalue weighted by Gasteiger charge is -2.17. The molecule has 2 aromatic heterocycles. The lowest BCUT2D eigenvalue weighted by molar-refractivity contribution is 0.392. The van der Waals surface area contributed by atoms with Crippen LogP contribution in [0.25, 0.3) is 0 Å². The zero-order valence-corrected chi connectivity index (χ0v) is 12.7. The minimum Gasteiger partial charge on any atom is -0.494 e. The number of hydrogen-bond acceptors (Lipinski definition) is 5. The Morgan fingerprint density at radius 2 is 2.13 bits per heavy atom. The maximum Gasteiger partial charge on any atom is 0.331 e. The molecule has 0 bridgehead atoms. The maximum atomic E-state index is 11.9. The molecule has 0 unspecified atom stereocenters. The first kappa shape index (κ1) is 15.3. The highest BCUT2D eigenvalue weighted by Gasteiger charge is 2.15. The van der Waals surface area contributed by atoms with Gasteiger partial charge in [0.25, 0.3) is 5.56 Å². The lowest BCUT2D eigenvalue weighted by Crippen LogP contribution is -2.32. The molecule has 0 radical (unpaired) electrons. The van der Waals surface area contributed by atoms with Gasteiger partial charge >= 0.3 is 5.69 Å². The zero-order valence-electron chi connectivity index (χ0n) is 12.7. The van der Waals surface area contributed by atoms with E-state index in [9.17, 15) is 14.7 Å². The third-order valence-corrected chi connectivity index (χ3v) is 4.09. The van der Waals surface area contributed by atoms with Crippen molar-refractivity contribution in [1.82, 2.24) is 9.55 Å². The van der Waals surface area contributed by atoms with Crippen molar-refractivity contribution in [2.24, 2.45) is 4.99 Å². The second-order valence-electron chi connectivity index (χ2n) is 5.73. The average Bonchev–Trinajstić information content (AvgIpc) is 3.05. The van der Waals surface area contributed by atoms with E-state index in [1.807, 2.05) is 0 Å². The Morgan fingerprint density at radius 3 is 2.83 bits per heavy atom. The monoisotopic (exact) mass is 317 g/mol. The Balaban J connectivity index is 1.91. The van der Waals surface area contributed by atoms with Crippen LogP contribution in [0, 0.1) is 0 Å². The van der Waals surface area contributed by atoms with Crippen LogP contribution in [-0.2, 0) is 6.54 Å². The first-order valence-electron chi connectivity index (χ1n) is 7.77. The highest BCUT2D eigenvalue weighted by atomic mass is 16.3. The van der Waals surface area contributed by atoms with Gasteiger partial charge < -0.3 is 9.52 Å². The van der Waals surface area contributed by atoms with Gasteiger partial charge in [0, 0.05) is 12.3 Å². The molecule has 3 rings (SSSR count). The summed E-state index contributed by atoms with van der Waals surface area (Å²) in [5.41, 5.74) is -1.32. The number of nitrogens with one attached hydrogen (secondary N) is 1. The molecule has 1 fully saturated rings. The number of aromatic nitrogens is 2. The normalized spacial score (nSPS) is 16.2. The molecule has 122 valence electrons. The van der Waals surface area contributed by atoms with E-state index in [1.165, 1.54) is 18.9 Å². The summed E-state index contributed by atoms with van der Waals surface area (Å²) in [6.07, 6.45) is 8.30. The van der Waals surface area contributed by atoms with Crippen LogP contribution in [0.4, 0.5) is 0 Å². The molecule has 1 aliphatic carbocycles. The highest BCUT2D eigenvalue weighted by molar-refractivity contribution is 5.82. The molecule has 23 heavy (non-hydrogen) atoms. The van der Waals surface area contributed by atoms with Crippen molar-refractivity contribution in [1.29, 1.82) is 0 Å². The predicted octanol–water partition coefficient (Wildman–Crippen LogP) is 1.64. The van der Waals surface area contributed by atoms with E-state index in [2.05, 4.69) is 9.98 Å². The van der Waals surface area contributed by atoms with Crippen LogP contribution in [-0.4, -0.2) is 26.9 Å². The van der Waals surface area contributed by atoms with Crippen molar-refractivity contribution in [3.8, 4) is 5.88 Å². The molecule has 0 amide bonds. The molecule has 2 N–H and O–H groups in total. The van der Waals surface area contributed by atoms with Crippen molar-refractivity contribution in [3.05, 3.63) is 50.6 Å². The molecule has 0 aromatic carbocycles. The molecule has 1 saturated carbocycles. The number of aromatic amines is 1. The van der Waals surface area contributed by atoms with Crippen LogP contribution in [0.3, 0.4) is 0 Å². The molecule has 7 nitrogen and oxygen atoms in total. The maximum absolute atomic E-state index is 11.9. The van der Waals surface area contributed by atoms with Gasteiger partial charge in [-0.1, -0.05) is 19.3 Å². The van der Waals surface area contributed by atoms with E-state index in [1.54, 1.807) is 12.1 Å². The molecule has 0 atom stereocenters. The van der Waals surface area contributed by atoms with Crippen molar-refractivity contribution < 1.29 is 9.52 Å². The Morgan fingerprint density at radius 1 is 1.35 bits per heavy atom. The smallest absolute Gasteiger partial charge is 0.331 e. The molecule has 0 saturated heterocycles. The molecule has 1 aliphatic rings. The Labute approximate surface area is 132 Å². The second-order valence-corrected chi connectivity index (χ2v) is 5.73. The van der Waals surface area contributed by atoms with Gasteiger partial charge in [0.1, 0.15) is 11.3 Å². The van der Waals surface area contributed by atoms with Crippen molar-refractivity contribution >= 4 is 6.21 Å². The Bertz CT molecular complexity index is 796. The Kier molecular flexibility index (Phi) is 4.45. The van der Waals surface area contributed by atoms with E-state index in [0.717, 1.165) is 30.3 Å². The number of nitrogens with zero attached hydrogens (tertiary/aromatic N) is 2.